The van der Waals surface area contributed by atoms with Crippen molar-refractivity contribution in [3.8, 4) is 0 Å². The minimum absolute atomic E-state index is 0.0833. The van der Waals surface area contributed by atoms with Crippen molar-refractivity contribution in [1.82, 2.24) is 4.90 Å². The molecule has 0 aliphatic heterocycles. The Bertz CT molecular complexity index is 514. The highest BCUT2D eigenvalue weighted by Gasteiger charge is 2.26. The van der Waals surface area contributed by atoms with Crippen LogP contribution in [0.5, 0.6) is 0 Å². The maximum atomic E-state index is 12.7. The lowest BCUT2D eigenvalue weighted by molar-refractivity contribution is -0.385. The molecule has 0 saturated carbocycles. The molecular weight excluding hydrogens is 268 g/mol. The summed E-state index contributed by atoms with van der Waals surface area (Å²) in [5, 5.41) is 11.2. The molecule has 1 rings (SSSR count). The summed E-state index contributed by atoms with van der Waals surface area (Å²) < 4.78 is 0. The van der Waals surface area contributed by atoms with Gasteiger partial charge in [0.05, 0.1) is 4.92 Å². The van der Waals surface area contributed by atoms with Crippen LogP contribution in [0, 0.1) is 28.9 Å². The number of para-hydroxylation sites is 1. The minimum Gasteiger partial charge on any atom is -0.338 e. The van der Waals surface area contributed by atoms with Crippen LogP contribution in [-0.2, 0) is 0 Å². The van der Waals surface area contributed by atoms with E-state index in [0.717, 1.165) is 0 Å². The normalized spacial score (nSPS) is 11.0. The van der Waals surface area contributed by atoms with Crippen molar-refractivity contribution in [2.24, 2.45) is 11.8 Å². The molecular formula is C16H24N2O3. The second-order valence-corrected chi connectivity index (χ2v) is 6.23. The molecule has 0 heterocycles. The first-order valence-corrected chi connectivity index (χ1v) is 7.27. The number of nitro groups is 1. The van der Waals surface area contributed by atoms with E-state index in [-0.39, 0.29) is 17.2 Å². The monoisotopic (exact) mass is 292 g/mol. The highest BCUT2D eigenvalue weighted by molar-refractivity contribution is 5.98. The van der Waals surface area contributed by atoms with Gasteiger partial charge in [0, 0.05) is 18.7 Å². The largest absolute Gasteiger partial charge is 0.338 e. The molecule has 1 amide bonds. The quantitative estimate of drug-likeness (QED) is 0.593. The summed E-state index contributed by atoms with van der Waals surface area (Å²) in [6.07, 6.45) is 0. The summed E-state index contributed by atoms with van der Waals surface area (Å²) >= 11 is 0. The van der Waals surface area contributed by atoms with Gasteiger partial charge in [0.1, 0.15) is 5.56 Å². The summed E-state index contributed by atoms with van der Waals surface area (Å²) in [5.74, 6) is 0.376. The van der Waals surface area contributed by atoms with Gasteiger partial charge in [-0.15, -0.1) is 0 Å². The van der Waals surface area contributed by atoms with Crippen molar-refractivity contribution in [2.75, 3.05) is 13.1 Å². The minimum atomic E-state index is -0.467. The Labute approximate surface area is 126 Å². The van der Waals surface area contributed by atoms with Gasteiger partial charge in [-0.05, 0) is 24.8 Å². The highest BCUT2D eigenvalue weighted by Crippen LogP contribution is 2.25. The van der Waals surface area contributed by atoms with Crippen LogP contribution in [0.4, 0.5) is 5.69 Å². The maximum Gasteiger partial charge on any atom is 0.285 e. The topological polar surface area (TPSA) is 63.5 Å². The van der Waals surface area contributed by atoms with Crippen molar-refractivity contribution in [2.45, 2.75) is 34.6 Å². The van der Waals surface area contributed by atoms with Crippen molar-refractivity contribution < 1.29 is 9.72 Å². The number of carbonyl (C=O) groups is 1. The zero-order valence-electron chi connectivity index (χ0n) is 13.4. The third-order valence-corrected chi connectivity index (χ3v) is 3.11. The summed E-state index contributed by atoms with van der Waals surface area (Å²) in [7, 11) is 0. The molecule has 0 saturated heterocycles. The second-order valence-electron chi connectivity index (χ2n) is 6.23. The average molecular weight is 292 g/mol. The van der Waals surface area contributed by atoms with E-state index < -0.39 is 4.92 Å². The molecule has 0 fully saturated rings. The first kappa shape index (κ1) is 17.1. The van der Waals surface area contributed by atoms with Gasteiger partial charge in [0.2, 0.25) is 0 Å². The molecule has 0 aliphatic rings. The number of aryl methyl sites for hydroxylation is 1. The number of nitrogens with zero attached hydrogens (tertiary/aromatic N) is 2. The summed E-state index contributed by atoms with van der Waals surface area (Å²) in [5.41, 5.74) is 0.612. The molecule has 21 heavy (non-hydrogen) atoms. The number of hydrogen-bond acceptors (Lipinski definition) is 3. The molecule has 1 aromatic rings. The number of rotatable bonds is 6. The fraction of sp³-hybridized carbons (Fsp3) is 0.562. The van der Waals surface area contributed by atoms with Crippen LogP contribution in [0.3, 0.4) is 0 Å². The van der Waals surface area contributed by atoms with Gasteiger partial charge >= 0.3 is 0 Å². The Kier molecular flexibility index (Phi) is 5.88. The molecule has 0 aliphatic carbocycles. The molecule has 1 aromatic carbocycles. The van der Waals surface area contributed by atoms with Gasteiger partial charge in [-0.3, -0.25) is 14.9 Å². The molecule has 0 unspecified atom stereocenters. The first-order valence-electron chi connectivity index (χ1n) is 7.27. The van der Waals surface area contributed by atoms with Gasteiger partial charge in [0.15, 0.2) is 0 Å². The van der Waals surface area contributed by atoms with Gasteiger partial charge in [-0.25, -0.2) is 0 Å². The predicted molar refractivity (Wildman–Crippen MR) is 83.4 cm³/mol. The summed E-state index contributed by atoms with van der Waals surface area (Å²) in [6.45, 7) is 11.0. The lowest BCUT2D eigenvalue weighted by atomic mass is 10.1. The lowest BCUT2D eigenvalue weighted by Crippen LogP contribution is -2.37. The van der Waals surface area contributed by atoms with Crippen LogP contribution in [0.1, 0.15) is 43.6 Å². The third-order valence-electron chi connectivity index (χ3n) is 3.11. The second kappa shape index (κ2) is 7.20. The number of carbonyl (C=O) groups excluding carboxylic acids is 1. The Morgan fingerprint density at radius 2 is 1.71 bits per heavy atom. The molecule has 0 spiro atoms. The summed E-state index contributed by atoms with van der Waals surface area (Å²) in [4.78, 5) is 25.2. The van der Waals surface area contributed by atoms with Crippen LogP contribution >= 0.6 is 0 Å². The van der Waals surface area contributed by atoms with Crippen LogP contribution in [-0.4, -0.2) is 28.8 Å². The maximum absolute atomic E-state index is 12.7. The van der Waals surface area contributed by atoms with Gasteiger partial charge < -0.3 is 4.90 Å². The molecule has 0 atom stereocenters. The van der Waals surface area contributed by atoms with Gasteiger partial charge in [-0.1, -0.05) is 39.8 Å². The Morgan fingerprint density at radius 3 is 2.14 bits per heavy atom. The van der Waals surface area contributed by atoms with Crippen molar-refractivity contribution in [3.05, 3.63) is 39.4 Å². The SMILES string of the molecule is Cc1cccc(C(=O)N(CC(C)C)CC(C)C)c1[N+](=O)[O-]. The van der Waals surface area contributed by atoms with Crippen molar-refractivity contribution >= 4 is 11.6 Å². The van der Waals surface area contributed by atoms with E-state index in [4.69, 9.17) is 0 Å². The third kappa shape index (κ3) is 4.55. The average Bonchev–Trinajstić information content (AvgIpc) is 2.35. The predicted octanol–water partition coefficient (Wildman–Crippen LogP) is 3.66. The molecule has 0 aromatic heterocycles. The zero-order valence-corrected chi connectivity index (χ0v) is 13.4. The molecule has 0 bridgehead atoms. The summed E-state index contributed by atoms with van der Waals surface area (Å²) in [6, 6.07) is 4.89. The fourth-order valence-corrected chi connectivity index (χ4v) is 2.37. The van der Waals surface area contributed by atoms with Crippen LogP contribution in [0.25, 0.3) is 0 Å². The lowest BCUT2D eigenvalue weighted by Gasteiger charge is -2.26. The first-order chi connectivity index (χ1) is 9.73. The van der Waals surface area contributed by atoms with E-state index in [1.165, 1.54) is 0 Å². The van der Waals surface area contributed by atoms with Gasteiger partial charge in [-0.2, -0.15) is 0 Å². The zero-order chi connectivity index (χ0) is 16.2. The molecule has 116 valence electrons. The van der Waals surface area contributed by atoms with Crippen molar-refractivity contribution in [1.29, 1.82) is 0 Å². The smallest absolute Gasteiger partial charge is 0.285 e. The number of hydrogen-bond donors (Lipinski definition) is 0. The van der Waals surface area contributed by atoms with E-state index >= 15 is 0 Å². The van der Waals surface area contributed by atoms with E-state index in [2.05, 4.69) is 0 Å². The number of nitro benzene ring substituents is 1. The van der Waals surface area contributed by atoms with E-state index in [1.54, 1.807) is 30.0 Å². The number of amides is 1. The Hall–Kier alpha value is -1.91. The molecule has 5 heteroatoms. The van der Waals surface area contributed by atoms with Crippen molar-refractivity contribution in [3.63, 3.8) is 0 Å². The standard InChI is InChI=1S/C16H24N2O3/c1-11(2)9-17(10-12(3)4)16(19)14-8-6-7-13(5)15(14)18(20)21/h6-8,11-12H,9-10H2,1-5H3. The van der Waals surface area contributed by atoms with Crippen LogP contribution < -0.4 is 0 Å². The molecule has 0 radical (unpaired) electrons. The van der Waals surface area contributed by atoms with Crippen LogP contribution in [0.15, 0.2) is 18.2 Å². The van der Waals surface area contributed by atoms with E-state index in [0.29, 0.717) is 30.5 Å². The Morgan fingerprint density at radius 1 is 1.19 bits per heavy atom. The molecule has 0 N–H and O–H groups in total. The van der Waals surface area contributed by atoms with Gasteiger partial charge in [0.25, 0.3) is 11.6 Å². The number of benzene rings is 1. The van der Waals surface area contributed by atoms with Crippen LogP contribution in [0.2, 0.25) is 0 Å². The molecule has 5 nitrogen and oxygen atoms in total. The van der Waals surface area contributed by atoms with E-state index in [9.17, 15) is 14.9 Å². The highest BCUT2D eigenvalue weighted by atomic mass is 16.6. The van der Waals surface area contributed by atoms with E-state index in [1.807, 2.05) is 27.7 Å². The fourth-order valence-electron chi connectivity index (χ4n) is 2.37. The Balaban J connectivity index is 3.20.